The van der Waals surface area contributed by atoms with Crippen molar-refractivity contribution in [1.82, 2.24) is 29.9 Å². The van der Waals surface area contributed by atoms with Crippen molar-refractivity contribution in [1.29, 1.82) is 0 Å². The van der Waals surface area contributed by atoms with Crippen LogP contribution < -0.4 is 0 Å². The lowest BCUT2D eigenvalue weighted by molar-refractivity contribution is 1.28. The molecule has 19 aromatic rings. The van der Waals surface area contributed by atoms with Crippen LogP contribution in [0.4, 0.5) is 0 Å². The average Bonchev–Trinajstić information content (AvgIpc) is 1.15. The van der Waals surface area contributed by atoms with Gasteiger partial charge in [0.15, 0.2) is 0 Å². The summed E-state index contributed by atoms with van der Waals surface area (Å²) in [5, 5.41) is 19.8. The minimum atomic E-state index is 0.878. The summed E-state index contributed by atoms with van der Waals surface area (Å²) in [6.07, 6.45) is 3.60. The Labute approximate surface area is 541 Å². The van der Waals surface area contributed by atoms with Gasteiger partial charge in [-0.05, 0) is 207 Å². The molecule has 13 aromatic carbocycles. The average molecular weight is 1200 g/mol. The number of hydrogen-bond donors (Lipinski definition) is 0. The van der Waals surface area contributed by atoms with E-state index in [9.17, 15) is 0 Å². The smallest absolute Gasteiger partial charge is 0.0893 e. The molecule has 0 saturated heterocycles. The van der Waals surface area contributed by atoms with Crippen molar-refractivity contribution in [3.05, 3.63) is 328 Å². The maximum Gasteiger partial charge on any atom is 0.0893 e. The second-order valence-corrected chi connectivity index (χ2v) is 24.1. The lowest BCUT2D eigenvalue weighted by Crippen LogP contribution is -1.89. The Balaban J connectivity index is 0.000000139. The van der Waals surface area contributed by atoms with Gasteiger partial charge in [0.2, 0.25) is 0 Å². The molecular weight excluding hydrogens is 1140 g/mol. The zero-order chi connectivity index (χ0) is 62.1. The monoisotopic (exact) mass is 1190 g/mol. The SMILES string of the molecule is c1ccc(-c2ccc3cc(-c4ccc5nc(-c6ccc(-c7ccc8c9ccccc9c9ccccc9c8c7)cc6)ccc5c4)ccc3n2)nc1.c1ccc(-c2ccc3cc(-c4ccc5nc(-c6ccc7c8ccccc8c8ccccc8c7c6)ccc5c4)ccc3n2)nc1. The first-order chi connectivity index (χ1) is 46.5. The van der Waals surface area contributed by atoms with Crippen molar-refractivity contribution in [2.45, 2.75) is 0 Å². The molecule has 6 heteroatoms. The normalized spacial score (nSPS) is 11.6. The van der Waals surface area contributed by atoms with Crippen LogP contribution in [0.5, 0.6) is 0 Å². The molecule has 0 saturated carbocycles. The first-order valence-electron chi connectivity index (χ1n) is 31.8. The molecule has 94 heavy (non-hydrogen) atoms. The van der Waals surface area contributed by atoms with Gasteiger partial charge >= 0.3 is 0 Å². The molecule has 436 valence electrons. The molecular formula is C88H54N6. The molecule has 0 atom stereocenters. The summed E-state index contributed by atoms with van der Waals surface area (Å²) in [7, 11) is 0. The van der Waals surface area contributed by atoms with E-state index in [4.69, 9.17) is 19.9 Å². The summed E-state index contributed by atoms with van der Waals surface area (Å²) in [4.78, 5) is 28.8. The highest BCUT2D eigenvalue weighted by Gasteiger charge is 2.15. The van der Waals surface area contributed by atoms with Gasteiger partial charge in [0.05, 0.1) is 56.2 Å². The number of fused-ring (bicyclic) bond motifs is 16. The first-order valence-corrected chi connectivity index (χ1v) is 31.8. The predicted octanol–water partition coefficient (Wildman–Crippen LogP) is 22.9. The van der Waals surface area contributed by atoms with Crippen LogP contribution in [0.2, 0.25) is 0 Å². The van der Waals surface area contributed by atoms with Crippen LogP contribution >= 0.6 is 0 Å². The highest BCUT2D eigenvalue weighted by molar-refractivity contribution is 6.27. The Kier molecular flexibility index (Phi) is 13.1. The van der Waals surface area contributed by atoms with E-state index in [-0.39, 0.29) is 0 Å². The van der Waals surface area contributed by atoms with Crippen LogP contribution in [-0.2, 0) is 0 Å². The Morgan fingerprint density at radius 1 is 0.149 bits per heavy atom. The minimum Gasteiger partial charge on any atom is -0.255 e. The molecule has 0 amide bonds. The van der Waals surface area contributed by atoms with Crippen molar-refractivity contribution >= 4 is 108 Å². The van der Waals surface area contributed by atoms with Gasteiger partial charge in [-0.25, -0.2) is 19.9 Å². The molecule has 0 bridgehead atoms. The van der Waals surface area contributed by atoms with Crippen molar-refractivity contribution < 1.29 is 0 Å². The molecule has 0 unspecified atom stereocenters. The quantitative estimate of drug-likeness (QED) is 0.148. The van der Waals surface area contributed by atoms with Crippen LogP contribution in [0, 0.1) is 0 Å². The van der Waals surface area contributed by atoms with E-state index >= 15 is 0 Å². The Morgan fingerprint density at radius 3 is 0.787 bits per heavy atom. The third-order valence-electron chi connectivity index (χ3n) is 18.6. The predicted molar refractivity (Wildman–Crippen MR) is 393 cm³/mol. The van der Waals surface area contributed by atoms with Crippen molar-refractivity contribution in [3.8, 4) is 78.7 Å². The number of aromatic nitrogens is 6. The fourth-order valence-corrected chi connectivity index (χ4v) is 13.8. The second kappa shape index (κ2) is 22.7. The van der Waals surface area contributed by atoms with E-state index in [0.717, 1.165) is 111 Å². The highest BCUT2D eigenvalue weighted by Crippen LogP contribution is 2.40. The van der Waals surface area contributed by atoms with Crippen LogP contribution in [0.25, 0.3) is 187 Å². The molecule has 6 aromatic heterocycles. The first kappa shape index (κ1) is 54.3. The zero-order valence-corrected chi connectivity index (χ0v) is 50.9. The van der Waals surface area contributed by atoms with Crippen molar-refractivity contribution in [3.63, 3.8) is 0 Å². The highest BCUT2D eigenvalue weighted by atomic mass is 14.8. The topological polar surface area (TPSA) is 77.3 Å². The Hall–Kier alpha value is -12.6. The summed E-state index contributed by atoms with van der Waals surface area (Å²) in [5.74, 6) is 0. The van der Waals surface area contributed by atoms with Gasteiger partial charge in [0, 0.05) is 45.1 Å². The molecule has 0 fully saturated rings. The fraction of sp³-hybridized carbons (Fsp3) is 0. The van der Waals surface area contributed by atoms with Crippen molar-refractivity contribution in [2.24, 2.45) is 0 Å². The summed E-state index contributed by atoms with van der Waals surface area (Å²) >= 11 is 0. The van der Waals surface area contributed by atoms with Gasteiger partial charge in [0.1, 0.15) is 0 Å². The van der Waals surface area contributed by atoms with Gasteiger partial charge in [-0.1, -0.05) is 206 Å². The Morgan fingerprint density at radius 2 is 0.415 bits per heavy atom. The molecule has 6 heterocycles. The fourth-order valence-electron chi connectivity index (χ4n) is 13.8. The van der Waals surface area contributed by atoms with Gasteiger partial charge in [-0.3, -0.25) is 9.97 Å². The number of pyridine rings is 6. The molecule has 6 nitrogen and oxygen atoms in total. The minimum absolute atomic E-state index is 0.878. The molecule has 0 aliphatic rings. The van der Waals surface area contributed by atoms with Gasteiger partial charge < -0.3 is 0 Å². The maximum atomic E-state index is 5.10. The van der Waals surface area contributed by atoms with E-state index in [1.807, 2.05) is 48.5 Å². The van der Waals surface area contributed by atoms with Crippen LogP contribution in [0.1, 0.15) is 0 Å². The van der Waals surface area contributed by atoms with E-state index < -0.39 is 0 Å². The van der Waals surface area contributed by atoms with Gasteiger partial charge in [-0.15, -0.1) is 0 Å². The molecule has 0 radical (unpaired) electrons. The number of benzene rings is 13. The lowest BCUT2D eigenvalue weighted by atomic mass is 9.92. The van der Waals surface area contributed by atoms with E-state index in [1.165, 1.54) is 75.8 Å². The van der Waals surface area contributed by atoms with Gasteiger partial charge in [-0.2, -0.15) is 0 Å². The zero-order valence-electron chi connectivity index (χ0n) is 50.9. The van der Waals surface area contributed by atoms with E-state index in [0.29, 0.717) is 0 Å². The van der Waals surface area contributed by atoms with Crippen LogP contribution in [-0.4, -0.2) is 29.9 Å². The third-order valence-corrected chi connectivity index (χ3v) is 18.6. The number of nitrogens with zero attached hydrogens (tertiary/aromatic N) is 6. The van der Waals surface area contributed by atoms with Crippen molar-refractivity contribution in [2.75, 3.05) is 0 Å². The molecule has 0 spiro atoms. The lowest BCUT2D eigenvalue weighted by Gasteiger charge is -2.12. The maximum absolute atomic E-state index is 5.10. The molecule has 0 aliphatic carbocycles. The molecule has 0 aliphatic heterocycles. The van der Waals surface area contributed by atoms with Crippen LogP contribution in [0.3, 0.4) is 0 Å². The number of hydrogen-bond acceptors (Lipinski definition) is 6. The summed E-state index contributed by atoms with van der Waals surface area (Å²) < 4.78 is 0. The molecule has 19 rings (SSSR count). The summed E-state index contributed by atoms with van der Waals surface area (Å²) in [6, 6.07) is 112. The summed E-state index contributed by atoms with van der Waals surface area (Å²) in [5.41, 5.74) is 18.6. The van der Waals surface area contributed by atoms with E-state index in [2.05, 4.69) is 277 Å². The standard InChI is InChI=1S/C47H29N3.C41H25N3/c1-2-9-39-37(7-1)38-8-3-4-10-40(38)42-29-34(16-21-41(39)42)30-12-14-31(15-13-30)43-24-19-35-27-32(17-22-44(35)49-43)33-18-23-45-36(28-33)20-25-47(50-45)46-11-5-6-26-48-46;1-2-9-33-31(7-1)32-8-3-4-10-34(32)36-25-30(12-17-35(33)36)39-20-15-28-23-26(13-18-37(28)43-39)27-14-19-38-29(24-27)16-21-41(44-38)40-11-5-6-22-42-40/h1-29H;1-25H. The van der Waals surface area contributed by atoms with E-state index in [1.54, 1.807) is 12.4 Å². The number of rotatable bonds is 7. The van der Waals surface area contributed by atoms with Gasteiger partial charge in [0.25, 0.3) is 0 Å². The molecule has 0 N–H and O–H groups in total. The largest absolute Gasteiger partial charge is 0.255 e. The summed E-state index contributed by atoms with van der Waals surface area (Å²) in [6.45, 7) is 0. The Bertz CT molecular complexity index is 6160. The van der Waals surface area contributed by atoms with Crippen LogP contribution in [0.15, 0.2) is 328 Å². The third kappa shape index (κ3) is 9.77. The second-order valence-electron chi connectivity index (χ2n) is 24.1.